The monoisotopic (exact) mass is 519 g/mol. The van der Waals surface area contributed by atoms with Gasteiger partial charge in [0.1, 0.15) is 11.9 Å². The number of pyridine rings is 2. The first-order chi connectivity index (χ1) is 19.0. The zero-order valence-corrected chi connectivity index (χ0v) is 19.7. The number of para-hydroxylation sites is 2. The highest BCUT2D eigenvalue weighted by Gasteiger charge is 2.31. The Morgan fingerprint density at radius 1 is 0.821 bits per heavy atom. The average Bonchev–Trinajstić information content (AvgIpc) is 3.62. The second-order valence-corrected chi connectivity index (χ2v) is 8.56. The Balaban J connectivity index is 1.55. The van der Waals surface area contributed by atoms with Gasteiger partial charge in [-0.1, -0.05) is 36.4 Å². The maximum absolute atomic E-state index is 14.4. The van der Waals surface area contributed by atoms with E-state index in [1.165, 1.54) is 16.8 Å². The third-order valence-corrected chi connectivity index (χ3v) is 6.32. The molecule has 0 saturated carbocycles. The second-order valence-electron chi connectivity index (χ2n) is 8.56. The summed E-state index contributed by atoms with van der Waals surface area (Å²) in [7, 11) is 0. The van der Waals surface area contributed by atoms with Gasteiger partial charge in [0.25, 0.3) is 5.91 Å². The number of halogens is 1. The third-order valence-electron chi connectivity index (χ3n) is 6.32. The minimum atomic E-state index is -1.22. The predicted molar refractivity (Wildman–Crippen MR) is 136 cm³/mol. The zero-order valence-electron chi connectivity index (χ0n) is 19.7. The van der Waals surface area contributed by atoms with E-state index in [0.29, 0.717) is 10.9 Å². The summed E-state index contributed by atoms with van der Waals surface area (Å²) < 4.78 is 16.9. The molecule has 0 spiro atoms. The molecule has 0 atom stereocenters. The highest BCUT2D eigenvalue weighted by molar-refractivity contribution is 6.14. The molecule has 0 unspecified atom stereocenters. The molecule has 13 heteroatoms. The van der Waals surface area contributed by atoms with Crippen LogP contribution in [0.15, 0.2) is 79.4 Å². The second kappa shape index (κ2) is 8.34. The van der Waals surface area contributed by atoms with Gasteiger partial charge in [-0.15, -0.1) is 20.4 Å². The van der Waals surface area contributed by atoms with Crippen LogP contribution in [0, 0.1) is 5.82 Å². The molecule has 0 fully saturated rings. The molecule has 1 amide bonds. The molecule has 5 aromatic heterocycles. The summed E-state index contributed by atoms with van der Waals surface area (Å²) in [5.41, 5.74) is 1.59. The van der Waals surface area contributed by atoms with Crippen molar-refractivity contribution in [3.8, 4) is 0 Å². The minimum absolute atomic E-state index is 0.00208. The summed E-state index contributed by atoms with van der Waals surface area (Å²) in [6.45, 7) is 0. The van der Waals surface area contributed by atoms with Crippen LogP contribution in [0.5, 0.6) is 0 Å². The van der Waals surface area contributed by atoms with Crippen molar-refractivity contribution in [3.05, 3.63) is 96.3 Å². The fourth-order valence-corrected chi connectivity index (χ4v) is 4.62. The van der Waals surface area contributed by atoms with Gasteiger partial charge in [0.2, 0.25) is 11.9 Å². The molecule has 0 aliphatic rings. The molecule has 1 N–H and O–H groups in total. The first-order valence-corrected chi connectivity index (χ1v) is 11.5. The smallest absolute Gasteiger partial charge is 0.339 e. The summed E-state index contributed by atoms with van der Waals surface area (Å²) >= 11 is 0. The molecule has 0 bridgehead atoms. The number of carboxylic acid groups (broad SMARTS) is 1. The molecular formula is C26H14FN9O3. The molecule has 0 aliphatic heterocycles. The van der Waals surface area contributed by atoms with Gasteiger partial charge in [-0.2, -0.15) is 0 Å². The number of hydrogen-bond acceptors (Lipinski definition) is 8. The van der Waals surface area contributed by atoms with Gasteiger partial charge in [-0.05, 0) is 35.0 Å². The molecule has 0 radical (unpaired) electrons. The van der Waals surface area contributed by atoms with Crippen LogP contribution in [-0.2, 0) is 0 Å². The van der Waals surface area contributed by atoms with Crippen molar-refractivity contribution in [1.29, 1.82) is 0 Å². The molecule has 12 nitrogen and oxygen atoms in total. The van der Waals surface area contributed by atoms with Crippen molar-refractivity contribution in [1.82, 2.24) is 39.2 Å². The van der Waals surface area contributed by atoms with E-state index in [0.717, 1.165) is 28.2 Å². The summed E-state index contributed by atoms with van der Waals surface area (Å²) in [6.07, 6.45) is 3.33. The molecule has 2 aromatic carbocycles. The molecule has 39 heavy (non-hydrogen) atoms. The number of aromatic carboxylic acids is 1. The first kappa shape index (κ1) is 22.4. The number of nitrogens with zero attached hydrogens (tertiary/aromatic N) is 9. The van der Waals surface area contributed by atoms with Crippen molar-refractivity contribution in [3.63, 3.8) is 0 Å². The number of hydrogen-bond donors (Lipinski definition) is 1. The maximum atomic E-state index is 14.4. The largest absolute Gasteiger partial charge is 0.478 e. The summed E-state index contributed by atoms with van der Waals surface area (Å²) in [5.74, 6) is -2.88. The van der Waals surface area contributed by atoms with E-state index in [1.807, 2.05) is 24.3 Å². The van der Waals surface area contributed by atoms with E-state index < -0.39 is 17.7 Å². The lowest BCUT2D eigenvalue weighted by atomic mass is 10.1. The molecular weight excluding hydrogens is 505 g/mol. The van der Waals surface area contributed by atoms with Crippen LogP contribution in [0.1, 0.15) is 20.7 Å². The summed E-state index contributed by atoms with van der Waals surface area (Å²) in [5, 5.41) is 27.6. The Kier molecular flexibility index (Phi) is 4.78. The number of anilines is 2. The fourth-order valence-electron chi connectivity index (χ4n) is 4.62. The summed E-state index contributed by atoms with van der Waals surface area (Å²) in [4.78, 5) is 35.6. The Hall–Kier alpha value is -5.85. The molecule has 5 heterocycles. The standard InChI is InChI=1S/C26H14FN9O3/c27-16-11-28-25(29-12-16)36(23(37)17-9-14-5-1-3-7-19(14)34-13-30-31-21(17)34)26-33-32-22-18(24(38)39)10-15-6-2-4-8-20(15)35(22)26/h1-13H,(H,38,39). The molecule has 0 saturated heterocycles. The van der Waals surface area contributed by atoms with Crippen molar-refractivity contribution >= 4 is 56.9 Å². The number of amides is 1. The van der Waals surface area contributed by atoms with Gasteiger partial charge in [-0.25, -0.2) is 24.1 Å². The number of aromatic nitrogens is 8. The van der Waals surface area contributed by atoms with Crippen molar-refractivity contribution in [2.75, 3.05) is 4.90 Å². The number of rotatable bonds is 4. The summed E-state index contributed by atoms with van der Waals surface area (Å²) in [6, 6.07) is 17.5. The third kappa shape index (κ3) is 3.37. The minimum Gasteiger partial charge on any atom is -0.478 e. The number of carbonyl (C=O) groups excluding carboxylic acids is 1. The Bertz CT molecular complexity index is 2100. The van der Waals surface area contributed by atoms with Gasteiger partial charge < -0.3 is 5.11 Å². The SMILES string of the molecule is O=C(O)c1cc2ccccc2n2c(N(C(=O)c3cc4ccccc4n4cnnc34)c3ncc(F)cn3)nnc12. The number of fused-ring (bicyclic) bond motifs is 6. The average molecular weight is 519 g/mol. The van der Waals surface area contributed by atoms with Crippen molar-refractivity contribution in [2.24, 2.45) is 0 Å². The van der Waals surface area contributed by atoms with Crippen LogP contribution in [0.2, 0.25) is 0 Å². The predicted octanol–water partition coefficient (Wildman–Crippen LogP) is 3.68. The van der Waals surface area contributed by atoms with Gasteiger partial charge in [0.15, 0.2) is 17.1 Å². The van der Waals surface area contributed by atoms with Crippen LogP contribution < -0.4 is 4.90 Å². The number of benzene rings is 2. The Labute approximate surface area is 216 Å². The van der Waals surface area contributed by atoms with Crippen molar-refractivity contribution < 1.29 is 19.1 Å². The van der Waals surface area contributed by atoms with Crippen LogP contribution in [0.3, 0.4) is 0 Å². The lowest BCUT2D eigenvalue weighted by molar-refractivity contribution is 0.0698. The zero-order chi connectivity index (χ0) is 26.7. The van der Waals surface area contributed by atoms with E-state index in [9.17, 15) is 19.1 Å². The lowest BCUT2D eigenvalue weighted by Gasteiger charge is -2.20. The highest BCUT2D eigenvalue weighted by Crippen LogP contribution is 2.31. The quantitative estimate of drug-likeness (QED) is 0.368. The first-order valence-electron chi connectivity index (χ1n) is 11.5. The van der Waals surface area contributed by atoms with Crippen LogP contribution in [-0.4, -0.2) is 56.1 Å². The number of carboxylic acids is 1. The van der Waals surface area contributed by atoms with Gasteiger partial charge >= 0.3 is 5.97 Å². The topological polar surface area (TPSA) is 144 Å². The van der Waals surface area contributed by atoms with E-state index >= 15 is 0 Å². The maximum Gasteiger partial charge on any atom is 0.339 e. The van der Waals surface area contributed by atoms with E-state index in [4.69, 9.17) is 0 Å². The van der Waals surface area contributed by atoms with Crippen LogP contribution in [0.4, 0.5) is 16.3 Å². The van der Waals surface area contributed by atoms with Crippen LogP contribution in [0.25, 0.3) is 33.1 Å². The van der Waals surface area contributed by atoms with E-state index in [1.54, 1.807) is 34.7 Å². The van der Waals surface area contributed by atoms with Gasteiger partial charge in [0, 0.05) is 0 Å². The molecule has 7 rings (SSSR count). The lowest BCUT2D eigenvalue weighted by Crippen LogP contribution is -2.30. The van der Waals surface area contributed by atoms with E-state index in [-0.39, 0.29) is 34.3 Å². The Morgan fingerprint density at radius 3 is 2.23 bits per heavy atom. The molecule has 7 aromatic rings. The van der Waals surface area contributed by atoms with Gasteiger partial charge in [0.05, 0.1) is 29.0 Å². The van der Waals surface area contributed by atoms with Gasteiger partial charge in [-0.3, -0.25) is 13.6 Å². The fraction of sp³-hybridized carbons (Fsp3) is 0. The normalized spacial score (nSPS) is 11.5. The van der Waals surface area contributed by atoms with E-state index in [2.05, 4.69) is 30.4 Å². The molecule has 0 aliphatic carbocycles. The Morgan fingerprint density at radius 2 is 1.49 bits per heavy atom. The van der Waals surface area contributed by atoms with Crippen molar-refractivity contribution in [2.45, 2.75) is 0 Å². The molecule has 188 valence electrons. The number of carbonyl (C=O) groups is 2. The van der Waals surface area contributed by atoms with Crippen LogP contribution >= 0.6 is 0 Å². The highest BCUT2D eigenvalue weighted by atomic mass is 19.1.